The molecule has 0 fully saturated rings. The lowest BCUT2D eigenvalue weighted by molar-refractivity contribution is 0.623. The lowest BCUT2D eigenvalue weighted by Gasteiger charge is -2.03. The summed E-state index contributed by atoms with van der Waals surface area (Å²) in [5.41, 5.74) is 2.05. The number of rotatable bonds is 6. The van der Waals surface area contributed by atoms with E-state index in [1.807, 2.05) is 60.7 Å². The van der Waals surface area contributed by atoms with Crippen molar-refractivity contribution in [2.45, 2.75) is 11.5 Å². The Balaban J connectivity index is 1.86. The van der Waals surface area contributed by atoms with Crippen LogP contribution in [0, 0.1) is 0 Å². The van der Waals surface area contributed by atoms with Gasteiger partial charge in [-0.3, -0.25) is 0 Å². The number of benzene rings is 2. The fraction of sp³-hybridized carbons (Fsp3) is 0.143. The Kier molecular flexibility index (Phi) is 5.36. The van der Waals surface area contributed by atoms with Gasteiger partial charge in [-0.05, 0) is 32.7 Å². The summed E-state index contributed by atoms with van der Waals surface area (Å²) in [6.45, 7) is 0. The van der Waals surface area contributed by atoms with Crippen LogP contribution in [-0.2, 0) is 19.4 Å². The molecule has 0 radical (unpaired) electrons. The molecule has 0 aromatic heterocycles. The first-order valence-electron chi connectivity index (χ1n) is 5.77. The molecule has 2 nitrogen and oxygen atoms in total. The largest absolute Gasteiger partial charge is 0.254 e. The molecule has 0 aliphatic rings. The van der Waals surface area contributed by atoms with Crippen LogP contribution in [0.2, 0.25) is 0 Å². The third kappa shape index (κ3) is 5.30. The summed E-state index contributed by atoms with van der Waals surface area (Å²) in [5, 5.41) is 0. The SMILES string of the molecule is O=S(=O)(SCc1ccccc1)SCc1ccccc1. The molecule has 0 saturated carbocycles. The maximum Gasteiger partial charge on any atom is 0.254 e. The summed E-state index contributed by atoms with van der Waals surface area (Å²) >= 11 is 0. The quantitative estimate of drug-likeness (QED) is 0.752. The predicted octanol–water partition coefficient (Wildman–Crippen LogP) is 4.10. The van der Waals surface area contributed by atoms with E-state index in [0.29, 0.717) is 11.5 Å². The maximum absolute atomic E-state index is 11.9. The van der Waals surface area contributed by atoms with Gasteiger partial charge in [0.15, 0.2) is 0 Å². The zero-order valence-electron chi connectivity index (χ0n) is 10.2. The van der Waals surface area contributed by atoms with Crippen molar-refractivity contribution >= 4 is 29.5 Å². The van der Waals surface area contributed by atoms with Gasteiger partial charge in [0, 0.05) is 11.5 Å². The summed E-state index contributed by atoms with van der Waals surface area (Å²) in [6, 6.07) is 19.3. The molecule has 100 valence electrons. The van der Waals surface area contributed by atoms with E-state index in [-0.39, 0.29) is 0 Å². The van der Waals surface area contributed by atoms with E-state index in [9.17, 15) is 8.42 Å². The molecule has 2 aromatic rings. The lowest BCUT2D eigenvalue weighted by Crippen LogP contribution is -1.90. The van der Waals surface area contributed by atoms with Crippen LogP contribution in [0.5, 0.6) is 0 Å². The highest BCUT2D eigenvalue weighted by Crippen LogP contribution is 2.31. The van der Waals surface area contributed by atoms with Gasteiger partial charge in [-0.2, -0.15) is 0 Å². The highest BCUT2D eigenvalue weighted by atomic mass is 33.5. The number of hydrogen-bond acceptors (Lipinski definition) is 4. The van der Waals surface area contributed by atoms with Gasteiger partial charge in [-0.15, -0.1) is 0 Å². The summed E-state index contributed by atoms with van der Waals surface area (Å²) in [7, 11) is -1.17. The van der Waals surface area contributed by atoms with E-state index in [0.717, 1.165) is 32.7 Å². The molecule has 2 rings (SSSR count). The monoisotopic (exact) mass is 310 g/mol. The fourth-order valence-corrected chi connectivity index (χ4v) is 5.84. The van der Waals surface area contributed by atoms with Crippen molar-refractivity contribution in [2.75, 3.05) is 0 Å². The van der Waals surface area contributed by atoms with Crippen molar-refractivity contribution in [1.82, 2.24) is 0 Å². The standard InChI is InChI=1S/C14H14O2S3/c15-19(16,17-11-13-7-3-1-4-8-13)18-12-14-9-5-2-6-10-14/h1-10H,11-12H2. The average Bonchev–Trinajstić information content (AvgIpc) is 2.46. The Bertz CT molecular complexity index is 546. The molecule has 5 heteroatoms. The Hall–Kier alpha value is -0.910. The van der Waals surface area contributed by atoms with Crippen LogP contribution in [0.3, 0.4) is 0 Å². The van der Waals surface area contributed by atoms with Gasteiger partial charge >= 0.3 is 0 Å². The van der Waals surface area contributed by atoms with Gasteiger partial charge in [0.25, 0.3) is 7.90 Å². The molecular formula is C14H14O2S3. The first kappa shape index (κ1) is 14.5. The van der Waals surface area contributed by atoms with Crippen LogP contribution in [0.15, 0.2) is 60.7 Å². The molecule has 0 N–H and O–H groups in total. The van der Waals surface area contributed by atoms with Gasteiger partial charge in [0.1, 0.15) is 0 Å². The van der Waals surface area contributed by atoms with Crippen molar-refractivity contribution in [1.29, 1.82) is 0 Å². The topological polar surface area (TPSA) is 34.1 Å². The molecule has 2 aromatic carbocycles. The maximum atomic E-state index is 11.9. The Morgan fingerprint density at radius 2 is 1.05 bits per heavy atom. The first-order valence-corrected chi connectivity index (χ1v) is 10.3. The summed E-state index contributed by atoms with van der Waals surface area (Å²) in [5.74, 6) is 0.982. The molecule has 0 aliphatic carbocycles. The highest BCUT2D eigenvalue weighted by Gasteiger charge is 2.12. The van der Waals surface area contributed by atoms with Gasteiger partial charge in [0.05, 0.1) is 0 Å². The van der Waals surface area contributed by atoms with Crippen LogP contribution in [0.4, 0.5) is 0 Å². The van der Waals surface area contributed by atoms with Crippen LogP contribution >= 0.6 is 21.6 Å². The normalized spacial score (nSPS) is 11.4. The summed E-state index contributed by atoms with van der Waals surface area (Å²) < 4.78 is 23.8. The van der Waals surface area contributed by atoms with Gasteiger partial charge < -0.3 is 0 Å². The molecule has 0 saturated heterocycles. The van der Waals surface area contributed by atoms with E-state index >= 15 is 0 Å². The molecule has 0 bridgehead atoms. The fourth-order valence-electron chi connectivity index (χ4n) is 1.46. The first-order chi connectivity index (χ1) is 9.16. The second-order valence-corrected chi connectivity index (χ2v) is 10.4. The molecule has 0 unspecified atom stereocenters. The minimum atomic E-state index is -3.14. The predicted molar refractivity (Wildman–Crippen MR) is 84.4 cm³/mol. The molecule has 0 spiro atoms. The summed E-state index contributed by atoms with van der Waals surface area (Å²) in [4.78, 5) is 0. The van der Waals surface area contributed by atoms with E-state index in [2.05, 4.69) is 0 Å². The zero-order chi connectivity index (χ0) is 13.6. The summed E-state index contributed by atoms with van der Waals surface area (Å²) in [6.07, 6.45) is 0. The van der Waals surface area contributed by atoms with Crippen LogP contribution in [-0.4, -0.2) is 8.42 Å². The second-order valence-electron chi connectivity index (χ2n) is 3.90. The minimum Gasteiger partial charge on any atom is -0.206 e. The third-order valence-electron chi connectivity index (χ3n) is 2.43. The van der Waals surface area contributed by atoms with Crippen molar-refractivity contribution in [2.24, 2.45) is 0 Å². The second kappa shape index (κ2) is 7.03. The third-order valence-corrected chi connectivity index (χ3v) is 8.08. The lowest BCUT2D eigenvalue weighted by atomic mass is 10.2. The average molecular weight is 310 g/mol. The minimum absolute atomic E-state index is 0.491. The van der Waals surface area contributed by atoms with Crippen molar-refractivity contribution < 1.29 is 8.42 Å². The molecule has 0 atom stereocenters. The van der Waals surface area contributed by atoms with Crippen molar-refractivity contribution in [3.05, 3.63) is 71.8 Å². The van der Waals surface area contributed by atoms with Gasteiger partial charge in [-0.1, -0.05) is 60.7 Å². The molecular weight excluding hydrogens is 296 g/mol. The number of hydrogen-bond donors (Lipinski definition) is 0. The molecule has 19 heavy (non-hydrogen) atoms. The highest BCUT2D eigenvalue weighted by molar-refractivity contribution is 9.04. The van der Waals surface area contributed by atoms with Gasteiger partial charge in [-0.25, -0.2) is 8.42 Å². The van der Waals surface area contributed by atoms with Crippen LogP contribution in [0.25, 0.3) is 0 Å². The molecule has 0 amide bonds. The van der Waals surface area contributed by atoms with E-state index in [1.165, 1.54) is 0 Å². The zero-order valence-corrected chi connectivity index (χ0v) is 12.7. The van der Waals surface area contributed by atoms with Gasteiger partial charge in [0.2, 0.25) is 0 Å². The van der Waals surface area contributed by atoms with E-state index < -0.39 is 7.90 Å². The van der Waals surface area contributed by atoms with Crippen LogP contribution in [0.1, 0.15) is 11.1 Å². The van der Waals surface area contributed by atoms with Crippen LogP contribution < -0.4 is 0 Å². The van der Waals surface area contributed by atoms with Crippen molar-refractivity contribution in [3.8, 4) is 0 Å². The Morgan fingerprint density at radius 1 is 0.684 bits per heavy atom. The molecule has 0 heterocycles. The van der Waals surface area contributed by atoms with E-state index in [1.54, 1.807) is 0 Å². The van der Waals surface area contributed by atoms with Crippen molar-refractivity contribution in [3.63, 3.8) is 0 Å². The Labute approximate surface area is 121 Å². The molecule has 0 aliphatic heterocycles. The smallest absolute Gasteiger partial charge is 0.206 e. The van der Waals surface area contributed by atoms with E-state index in [4.69, 9.17) is 0 Å². The Morgan fingerprint density at radius 3 is 1.42 bits per heavy atom.